The fourth-order valence-corrected chi connectivity index (χ4v) is 5.74. The highest BCUT2D eigenvalue weighted by atomic mass is 32.2. The lowest BCUT2D eigenvalue weighted by molar-refractivity contribution is 0.0991. The number of aromatic amines is 2. The van der Waals surface area contributed by atoms with Gasteiger partial charge >= 0.3 is 0 Å². The Bertz CT molecular complexity index is 1650. The van der Waals surface area contributed by atoms with Crippen LogP contribution in [0.2, 0.25) is 0 Å². The first-order valence-electron chi connectivity index (χ1n) is 12.6. The Hall–Kier alpha value is -4.35. The van der Waals surface area contributed by atoms with Crippen LogP contribution in [0.4, 0.5) is 0 Å². The van der Waals surface area contributed by atoms with Crippen molar-refractivity contribution in [3.8, 4) is 22.5 Å². The number of Topliss-reactive ketones (excluding diaryl/α,β-unsaturated/α-hetero) is 1. The summed E-state index contributed by atoms with van der Waals surface area (Å²) in [5.74, 6) is 0.0452. The normalized spacial score (nSPS) is 12.1. The Morgan fingerprint density at radius 2 is 1.39 bits per heavy atom. The molecule has 6 rings (SSSR count). The van der Waals surface area contributed by atoms with Crippen molar-refractivity contribution in [2.45, 2.75) is 24.3 Å². The molecule has 2 aromatic heterocycles. The summed E-state index contributed by atoms with van der Waals surface area (Å²) in [4.78, 5) is 25.9. The molecule has 0 unspecified atom stereocenters. The van der Waals surface area contributed by atoms with Gasteiger partial charge in [0.15, 0.2) is 10.9 Å². The third-order valence-corrected chi connectivity index (χ3v) is 7.91. The minimum Gasteiger partial charge on any atom is -0.360 e. The topological polar surface area (TPSA) is 61.5 Å². The Kier molecular flexibility index (Phi) is 6.44. The van der Waals surface area contributed by atoms with Gasteiger partial charge in [-0.15, -0.1) is 0 Å². The molecule has 0 radical (unpaired) electrons. The standard InChI is InChI=1S/C33H27N3OS/c1-21-12-16-23(17-13-21)29-30(24-18-14-22(2)15-19-24)36-33(35-29)38-32(25-8-4-3-5-9-25)31(37)27-20-34-28-11-7-6-10-26(27)28/h3-20,32,34H,1-2H3,(H,35,36)/t32-/m0/s1. The number of hydrogen-bond donors (Lipinski definition) is 2. The van der Waals surface area contributed by atoms with E-state index in [1.165, 1.54) is 22.9 Å². The van der Waals surface area contributed by atoms with Gasteiger partial charge in [-0.25, -0.2) is 4.98 Å². The van der Waals surface area contributed by atoms with Gasteiger partial charge in [0.25, 0.3) is 0 Å². The first kappa shape index (κ1) is 24.0. The number of imidazole rings is 1. The van der Waals surface area contributed by atoms with Gasteiger partial charge in [0.05, 0.1) is 11.4 Å². The molecule has 0 saturated heterocycles. The first-order chi connectivity index (χ1) is 18.6. The van der Waals surface area contributed by atoms with Crippen LogP contribution < -0.4 is 0 Å². The molecular weight excluding hydrogens is 486 g/mol. The quantitative estimate of drug-likeness (QED) is 0.166. The molecule has 6 aromatic rings. The van der Waals surface area contributed by atoms with E-state index in [0.29, 0.717) is 10.7 Å². The number of aromatic nitrogens is 3. The largest absolute Gasteiger partial charge is 0.360 e. The van der Waals surface area contributed by atoms with Crippen molar-refractivity contribution < 1.29 is 4.79 Å². The van der Waals surface area contributed by atoms with Crippen molar-refractivity contribution in [2.75, 3.05) is 0 Å². The number of hydrogen-bond acceptors (Lipinski definition) is 3. The second-order valence-corrected chi connectivity index (χ2v) is 10.6. The lowest BCUT2D eigenvalue weighted by atomic mass is 10.0. The van der Waals surface area contributed by atoms with E-state index in [1.54, 1.807) is 0 Å². The van der Waals surface area contributed by atoms with E-state index in [2.05, 4.69) is 72.3 Å². The number of ketones is 1. The third kappa shape index (κ3) is 4.69. The van der Waals surface area contributed by atoms with Gasteiger partial charge in [-0.05, 0) is 25.5 Å². The lowest BCUT2D eigenvalue weighted by Crippen LogP contribution is -2.10. The average Bonchev–Trinajstić information content (AvgIpc) is 3.57. The molecule has 0 saturated carbocycles. The number of benzene rings is 4. The fraction of sp³-hybridized carbons (Fsp3) is 0.0909. The van der Waals surface area contributed by atoms with Crippen molar-refractivity contribution in [3.63, 3.8) is 0 Å². The minimum atomic E-state index is -0.460. The zero-order chi connectivity index (χ0) is 26.1. The highest BCUT2D eigenvalue weighted by molar-refractivity contribution is 8.00. The highest BCUT2D eigenvalue weighted by Crippen LogP contribution is 2.41. The van der Waals surface area contributed by atoms with Gasteiger partial charge in [-0.1, -0.05) is 120 Å². The maximum atomic E-state index is 14.0. The summed E-state index contributed by atoms with van der Waals surface area (Å²) in [6.07, 6.45) is 1.82. The number of carbonyl (C=O) groups is 1. The monoisotopic (exact) mass is 513 g/mol. The van der Waals surface area contributed by atoms with Crippen LogP contribution in [0.5, 0.6) is 0 Å². The molecule has 0 aliphatic rings. The molecule has 0 aliphatic carbocycles. The molecule has 1 atom stereocenters. The van der Waals surface area contributed by atoms with Gasteiger partial charge < -0.3 is 9.97 Å². The number of thioether (sulfide) groups is 1. The van der Waals surface area contributed by atoms with E-state index in [0.717, 1.165) is 39.0 Å². The van der Waals surface area contributed by atoms with E-state index in [1.807, 2.05) is 60.8 Å². The number of carbonyl (C=O) groups excluding carboxylic acids is 1. The highest BCUT2D eigenvalue weighted by Gasteiger charge is 2.27. The summed E-state index contributed by atoms with van der Waals surface area (Å²) in [6, 6.07) is 34.7. The van der Waals surface area contributed by atoms with Gasteiger partial charge in [-0.2, -0.15) is 0 Å². The molecule has 5 heteroatoms. The van der Waals surface area contributed by atoms with Crippen LogP contribution in [0.15, 0.2) is 114 Å². The fourth-order valence-electron chi connectivity index (χ4n) is 4.69. The molecule has 0 spiro atoms. The van der Waals surface area contributed by atoms with Crippen molar-refractivity contribution in [2.24, 2.45) is 0 Å². The third-order valence-electron chi connectivity index (χ3n) is 6.77. The second-order valence-electron chi connectivity index (χ2n) is 9.52. The van der Waals surface area contributed by atoms with Crippen molar-refractivity contribution in [1.29, 1.82) is 0 Å². The lowest BCUT2D eigenvalue weighted by Gasteiger charge is -2.14. The van der Waals surface area contributed by atoms with E-state index < -0.39 is 5.25 Å². The van der Waals surface area contributed by atoms with Crippen LogP contribution in [0, 0.1) is 13.8 Å². The van der Waals surface area contributed by atoms with Crippen LogP contribution >= 0.6 is 11.8 Å². The number of rotatable bonds is 7. The van der Waals surface area contributed by atoms with Gasteiger partial charge in [0.2, 0.25) is 0 Å². The Labute approximate surface area is 226 Å². The summed E-state index contributed by atoms with van der Waals surface area (Å²) in [5, 5.41) is 1.18. The molecule has 0 amide bonds. The molecular formula is C33H27N3OS. The number of nitrogens with one attached hydrogen (secondary N) is 2. The maximum absolute atomic E-state index is 14.0. The number of para-hydroxylation sites is 1. The molecule has 0 aliphatic heterocycles. The van der Waals surface area contributed by atoms with E-state index in [-0.39, 0.29) is 5.78 Å². The number of H-pyrrole nitrogens is 2. The minimum absolute atomic E-state index is 0.0452. The average molecular weight is 514 g/mol. The predicted octanol–water partition coefficient (Wildman–Crippen LogP) is 8.56. The smallest absolute Gasteiger partial charge is 0.182 e. The summed E-state index contributed by atoms with van der Waals surface area (Å²) < 4.78 is 0. The Balaban J connectivity index is 1.44. The van der Waals surface area contributed by atoms with Crippen LogP contribution in [0.25, 0.3) is 33.4 Å². The molecule has 0 fully saturated rings. The van der Waals surface area contributed by atoms with E-state index >= 15 is 0 Å². The summed E-state index contributed by atoms with van der Waals surface area (Å²) in [6.45, 7) is 4.16. The van der Waals surface area contributed by atoms with Crippen LogP contribution in [0.1, 0.15) is 32.3 Å². The van der Waals surface area contributed by atoms with Gasteiger partial charge in [0, 0.05) is 33.8 Å². The number of fused-ring (bicyclic) bond motifs is 1. The number of aryl methyl sites for hydroxylation is 2. The van der Waals surface area contributed by atoms with Crippen LogP contribution in [0.3, 0.4) is 0 Å². The van der Waals surface area contributed by atoms with E-state index in [4.69, 9.17) is 4.98 Å². The Morgan fingerprint density at radius 1 is 0.763 bits per heavy atom. The predicted molar refractivity (Wildman–Crippen MR) is 157 cm³/mol. The van der Waals surface area contributed by atoms with Crippen LogP contribution in [-0.4, -0.2) is 20.7 Å². The zero-order valence-corrected chi connectivity index (χ0v) is 22.0. The van der Waals surface area contributed by atoms with Crippen LogP contribution in [-0.2, 0) is 0 Å². The molecule has 38 heavy (non-hydrogen) atoms. The number of nitrogens with zero attached hydrogens (tertiary/aromatic N) is 1. The SMILES string of the molecule is Cc1ccc(-c2nc(S[C@H](C(=O)c3c[nH]c4ccccc34)c3ccccc3)[nH]c2-c2ccc(C)cc2)cc1. The molecule has 2 N–H and O–H groups in total. The summed E-state index contributed by atoms with van der Waals surface area (Å²) >= 11 is 1.46. The second kappa shape index (κ2) is 10.2. The first-order valence-corrected chi connectivity index (χ1v) is 13.5. The Morgan fingerprint density at radius 3 is 2.11 bits per heavy atom. The molecule has 2 heterocycles. The summed E-state index contributed by atoms with van der Waals surface area (Å²) in [7, 11) is 0. The summed E-state index contributed by atoms with van der Waals surface area (Å²) in [5.41, 5.74) is 8.90. The molecule has 0 bridgehead atoms. The van der Waals surface area contributed by atoms with Crippen molar-refractivity contribution in [3.05, 3.63) is 132 Å². The van der Waals surface area contributed by atoms with Crippen molar-refractivity contribution in [1.82, 2.24) is 15.0 Å². The van der Waals surface area contributed by atoms with Gasteiger partial charge in [-0.3, -0.25) is 4.79 Å². The van der Waals surface area contributed by atoms with Gasteiger partial charge in [0.1, 0.15) is 5.25 Å². The maximum Gasteiger partial charge on any atom is 0.182 e. The zero-order valence-electron chi connectivity index (χ0n) is 21.2. The molecule has 4 nitrogen and oxygen atoms in total. The molecule has 186 valence electrons. The molecule has 4 aromatic carbocycles. The van der Waals surface area contributed by atoms with E-state index in [9.17, 15) is 4.79 Å². The van der Waals surface area contributed by atoms with Crippen molar-refractivity contribution >= 4 is 28.4 Å².